The Labute approximate surface area is 62.4 Å². The van der Waals surface area contributed by atoms with E-state index in [-0.39, 0.29) is 6.29 Å². The van der Waals surface area contributed by atoms with Gasteiger partial charge in [0.25, 0.3) is 0 Å². The van der Waals surface area contributed by atoms with E-state index in [9.17, 15) is 0 Å². The van der Waals surface area contributed by atoms with Gasteiger partial charge in [0.1, 0.15) is 6.29 Å². The normalized spacial score (nSPS) is 21.0. The van der Waals surface area contributed by atoms with Crippen LogP contribution < -0.4 is 16.4 Å². The fraction of sp³-hybridized carbons (Fsp3) is 1.00. The molecule has 0 aromatic carbocycles. The molecule has 0 amide bonds. The van der Waals surface area contributed by atoms with Crippen LogP contribution in [0.15, 0.2) is 0 Å². The van der Waals surface area contributed by atoms with E-state index in [2.05, 4.69) is 17.6 Å². The van der Waals surface area contributed by atoms with Crippen molar-refractivity contribution < 1.29 is 0 Å². The Kier molecular flexibility index (Phi) is 3.12. The predicted molar refractivity (Wildman–Crippen MR) is 42.4 cm³/mol. The third-order valence-corrected chi connectivity index (χ3v) is 1.61. The summed E-state index contributed by atoms with van der Waals surface area (Å²) in [4.78, 5) is 0. The molecule has 1 saturated carbocycles. The molecule has 0 heterocycles. The molecule has 60 valence electrons. The van der Waals surface area contributed by atoms with Gasteiger partial charge in [-0.1, -0.05) is 6.92 Å². The third kappa shape index (κ3) is 3.15. The molecule has 1 rings (SSSR count). The second-order valence-corrected chi connectivity index (χ2v) is 2.87. The maximum atomic E-state index is 5.68. The summed E-state index contributed by atoms with van der Waals surface area (Å²) in [5, 5.41) is 6.43. The Morgan fingerprint density at radius 1 is 1.60 bits per heavy atom. The summed E-state index contributed by atoms with van der Waals surface area (Å²) in [6, 6.07) is 0.694. The topological polar surface area (TPSA) is 50.1 Å². The van der Waals surface area contributed by atoms with Crippen molar-refractivity contribution in [3.05, 3.63) is 0 Å². The molecule has 1 atom stereocenters. The zero-order chi connectivity index (χ0) is 7.40. The van der Waals surface area contributed by atoms with Crippen LogP contribution >= 0.6 is 0 Å². The molecule has 0 radical (unpaired) electrons. The lowest BCUT2D eigenvalue weighted by Crippen LogP contribution is -2.50. The van der Waals surface area contributed by atoms with Crippen LogP contribution in [0.4, 0.5) is 0 Å². The van der Waals surface area contributed by atoms with Crippen molar-refractivity contribution in [3.63, 3.8) is 0 Å². The maximum Gasteiger partial charge on any atom is 0.109 e. The van der Waals surface area contributed by atoms with E-state index in [1.54, 1.807) is 0 Å². The Bertz CT molecular complexity index is 90.9. The van der Waals surface area contributed by atoms with Crippen LogP contribution in [0.1, 0.15) is 26.2 Å². The lowest BCUT2D eigenvalue weighted by atomic mass is 10.5. The highest BCUT2D eigenvalue weighted by atomic mass is 15.2. The van der Waals surface area contributed by atoms with E-state index >= 15 is 0 Å². The average molecular weight is 143 g/mol. The number of hydrogen-bond acceptors (Lipinski definition) is 3. The first-order chi connectivity index (χ1) is 4.83. The van der Waals surface area contributed by atoms with Gasteiger partial charge in [0.2, 0.25) is 0 Å². The fourth-order valence-electron chi connectivity index (χ4n) is 0.863. The minimum Gasteiger partial charge on any atom is -0.304 e. The Morgan fingerprint density at radius 3 is 2.80 bits per heavy atom. The molecule has 1 aliphatic rings. The van der Waals surface area contributed by atoms with Crippen molar-refractivity contribution in [1.29, 1.82) is 0 Å². The minimum absolute atomic E-state index is 0.00690. The van der Waals surface area contributed by atoms with Crippen LogP contribution in [0.25, 0.3) is 0 Å². The molecule has 0 saturated heterocycles. The largest absolute Gasteiger partial charge is 0.304 e. The monoisotopic (exact) mass is 143 g/mol. The number of nitrogens with two attached hydrogens (primary N) is 1. The van der Waals surface area contributed by atoms with Crippen molar-refractivity contribution in [2.24, 2.45) is 5.73 Å². The average Bonchev–Trinajstić information content (AvgIpc) is 2.67. The standard InChI is InChI=1S/C7H17N3/c1-2-5-9-7(8)10-6-3-4-6/h6-7,9-10H,2-5,8H2,1H3. The predicted octanol–water partition coefficient (Wildman–Crippen LogP) is -0.0197. The van der Waals surface area contributed by atoms with Gasteiger partial charge in [0, 0.05) is 6.04 Å². The minimum atomic E-state index is 0.00690. The molecule has 0 aromatic rings. The van der Waals surface area contributed by atoms with Gasteiger partial charge in [0.05, 0.1) is 0 Å². The van der Waals surface area contributed by atoms with E-state index in [0.29, 0.717) is 6.04 Å². The fourth-order valence-corrected chi connectivity index (χ4v) is 0.863. The van der Waals surface area contributed by atoms with Crippen LogP contribution in [0.5, 0.6) is 0 Å². The molecule has 0 bridgehead atoms. The summed E-state index contributed by atoms with van der Waals surface area (Å²) in [5.41, 5.74) is 5.68. The Hall–Kier alpha value is -0.120. The van der Waals surface area contributed by atoms with Crippen LogP contribution in [0, 0.1) is 0 Å². The summed E-state index contributed by atoms with van der Waals surface area (Å²) in [5.74, 6) is 0. The molecule has 1 fully saturated rings. The van der Waals surface area contributed by atoms with E-state index in [1.165, 1.54) is 12.8 Å². The second-order valence-electron chi connectivity index (χ2n) is 2.87. The third-order valence-electron chi connectivity index (χ3n) is 1.61. The first-order valence-electron chi connectivity index (χ1n) is 4.08. The van der Waals surface area contributed by atoms with Gasteiger partial charge in [-0.05, 0) is 25.8 Å². The molecule has 3 nitrogen and oxygen atoms in total. The van der Waals surface area contributed by atoms with Gasteiger partial charge in [-0.25, -0.2) is 0 Å². The zero-order valence-electron chi connectivity index (χ0n) is 6.56. The molecule has 0 aliphatic heterocycles. The molecule has 10 heavy (non-hydrogen) atoms. The second kappa shape index (κ2) is 3.91. The molecule has 1 unspecified atom stereocenters. The van der Waals surface area contributed by atoms with Gasteiger partial charge >= 0.3 is 0 Å². The Balaban J connectivity index is 1.91. The molecule has 4 N–H and O–H groups in total. The SMILES string of the molecule is CCCNC(N)NC1CC1. The van der Waals surface area contributed by atoms with Gasteiger partial charge in [0.15, 0.2) is 0 Å². The van der Waals surface area contributed by atoms with Crippen molar-refractivity contribution in [2.75, 3.05) is 6.54 Å². The van der Waals surface area contributed by atoms with E-state index < -0.39 is 0 Å². The molecule has 1 aliphatic carbocycles. The Morgan fingerprint density at radius 2 is 2.30 bits per heavy atom. The van der Waals surface area contributed by atoms with Crippen LogP contribution in [0.3, 0.4) is 0 Å². The van der Waals surface area contributed by atoms with Crippen molar-refractivity contribution in [2.45, 2.75) is 38.5 Å². The van der Waals surface area contributed by atoms with Gasteiger partial charge in [-0.15, -0.1) is 0 Å². The first kappa shape index (κ1) is 7.98. The van der Waals surface area contributed by atoms with Crippen LogP contribution in [-0.2, 0) is 0 Å². The molecular formula is C7H17N3. The highest BCUT2D eigenvalue weighted by Crippen LogP contribution is 2.18. The molecule has 0 aromatic heterocycles. The number of hydrogen-bond donors (Lipinski definition) is 3. The van der Waals surface area contributed by atoms with Crippen molar-refractivity contribution in [3.8, 4) is 0 Å². The molecule has 0 spiro atoms. The molecular weight excluding hydrogens is 126 g/mol. The lowest BCUT2D eigenvalue weighted by molar-refractivity contribution is 0.433. The van der Waals surface area contributed by atoms with Gasteiger partial charge < -0.3 is 5.73 Å². The summed E-state index contributed by atoms with van der Waals surface area (Å²) in [7, 11) is 0. The van der Waals surface area contributed by atoms with E-state index in [4.69, 9.17) is 5.73 Å². The first-order valence-corrected chi connectivity index (χ1v) is 4.08. The van der Waals surface area contributed by atoms with E-state index in [0.717, 1.165) is 13.0 Å². The van der Waals surface area contributed by atoms with Crippen LogP contribution in [-0.4, -0.2) is 18.9 Å². The van der Waals surface area contributed by atoms with Gasteiger partial charge in [-0.2, -0.15) is 0 Å². The quantitative estimate of drug-likeness (QED) is 0.474. The summed E-state index contributed by atoms with van der Waals surface area (Å²) < 4.78 is 0. The van der Waals surface area contributed by atoms with Crippen molar-refractivity contribution in [1.82, 2.24) is 10.6 Å². The highest BCUT2D eigenvalue weighted by Gasteiger charge is 2.22. The number of nitrogens with one attached hydrogen (secondary N) is 2. The summed E-state index contributed by atoms with van der Waals surface area (Å²) in [6.07, 6.45) is 3.73. The van der Waals surface area contributed by atoms with Crippen molar-refractivity contribution >= 4 is 0 Å². The number of rotatable bonds is 5. The van der Waals surface area contributed by atoms with Gasteiger partial charge in [-0.3, -0.25) is 10.6 Å². The summed E-state index contributed by atoms with van der Waals surface area (Å²) in [6.45, 7) is 3.14. The smallest absolute Gasteiger partial charge is 0.109 e. The maximum absolute atomic E-state index is 5.68. The highest BCUT2D eigenvalue weighted by molar-refractivity contribution is 4.82. The lowest BCUT2D eigenvalue weighted by Gasteiger charge is -2.13. The van der Waals surface area contributed by atoms with Crippen LogP contribution in [0.2, 0.25) is 0 Å². The zero-order valence-corrected chi connectivity index (χ0v) is 6.56. The summed E-state index contributed by atoms with van der Waals surface area (Å²) >= 11 is 0. The molecule has 3 heteroatoms. The van der Waals surface area contributed by atoms with E-state index in [1.807, 2.05) is 0 Å².